The maximum atomic E-state index is 13.2. The van der Waals surface area contributed by atoms with Crippen LogP contribution in [0, 0.1) is 19.3 Å². The standard InChI is InChI=1S/C22H33NO5S/c1-4-27-21(24)22(16-19-7-5-6-14-28-19)10-12-23(13-11-22)29(25,26)20-9-8-17(2)15-18(20)3/h8-9,15,19H,4-7,10-14,16H2,1-3H3/t19-/m0/s1. The van der Waals surface area contributed by atoms with Gasteiger partial charge >= 0.3 is 5.97 Å². The summed E-state index contributed by atoms with van der Waals surface area (Å²) in [4.78, 5) is 13.2. The minimum atomic E-state index is -3.58. The molecule has 1 aromatic rings. The molecule has 0 aromatic heterocycles. The number of aryl methyl sites for hydroxylation is 2. The predicted octanol–water partition coefficient (Wildman–Crippen LogP) is 3.60. The van der Waals surface area contributed by atoms with Crippen LogP contribution in [0.15, 0.2) is 23.1 Å². The van der Waals surface area contributed by atoms with Crippen LogP contribution in [0.25, 0.3) is 0 Å². The Hall–Kier alpha value is -1.44. The van der Waals surface area contributed by atoms with Crippen LogP contribution < -0.4 is 0 Å². The topological polar surface area (TPSA) is 72.9 Å². The molecule has 0 unspecified atom stereocenters. The molecule has 1 aromatic carbocycles. The Labute approximate surface area is 174 Å². The lowest BCUT2D eigenvalue weighted by Gasteiger charge is -2.41. The number of rotatable bonds is 6. The Kier molecular flexibility index (Phi) is 7.02. The molecule has 29 heavy (non-hydrogen) atoms. The summed E-state index contributed by atoms with van der Waals surface area (Å²) >= 11 is 0. The van der Waals surface area contributed by atoms with Crippen LogP contribution in [0.2, 0.25) is 0 Å². The number of carbonyl (C=O) groups is 1. The van der Waals surface area contributed by atoms with Crippen molar-refractivity contribution in [1.82, 2.24) is 4.31 Å². The summed E-state index contributed by atoms with van der Waals surface area (Å²) in [6.07, 6.45) is 4.72. The number of esters is 1. The summed E-state index contributed by atoms with van der Waals surface area (Å²) < 4.78 is 39.2. The lowest BCUT2D eigenvalue weighted by atomic mass is 9.73. The van der Waals surface area contributed by atoms with Gasteiger partial charge in [0.05, 0.1) is 23.0 Å². The third-order valence-corrected chi connectivity index (χ3v) is 8.29. The normalized spacial score (nSPS) is 22.9. The van der Waals surface area contributed by atoms with Crippen molar-refractivity contribution >= 4 is 16.0 Å². The van der Waals surface area contributed by atoms with Crippen molar-refractivity contribution in [2.24, 2.45) is 5.41 Å². The van der Waals surface area contributed by atoms with Crippen molar-refractivity contribution in [2.75, 3.05) is 26.3 Å². The fourth-order valence-corrected chi connectivity index (χ4v) is 6.21. The quantitative estimate of drug-likeness (QED) is 0.654. The fourth-order valence-electron chi connectivity index (χ4n) is 4.56. The molecule has 0 aliphatic carbocycles. The van der Waals surface area contributed by atoms with Crippen molar-refractivity contribution in [3.05, 3.63) is 29.3 Å². The van der Waals surface area contributed by atoms with E-state index in [1.165, 1.54) is 4.31 Å². The molecule has 0 N–H and O–H groups in total. The van der Waals surface area contributed by atoms with E-state index in [2.05, 4.69) is 0 Å². The van der Waals surface area contributed by atoms with E-state index in [0.29, 0.717) is 43.9 Å². The molecule has 7 heteroatoms. The monoisotopic (exact) mass is 423 g/mol. The van der Waals surface area contributed by atoms with Gasteiger partial charge in [-0.1, -0.05) is 17.7 Å². The van der Waals surface area contributed by atoms with Crippen LogP contribution in [0.5, 0.6) is 0 Å². The zero-order valence-electron chi connectivity index (χ0n) is 17.8. The molecular weight excluding hydrogens is 390 g/mol. The van der Waals surface area contributed by atoms with Gasteiger partial charge in [-0.05, 0) is 70.9 Å². The van der Waals surface area contributed by atoms with Crippen molar-refractivity contribution in [2.45, 2.75) is 70.3 Å². The number of hydrogen-bond donors (Lipinski definition) is 0. The molecule has 6 nitrogen and oxygen atoms in total. The van der Waals surface area contributed by atoms with E-state index in [1.54, 1.807) is 6.07 Å². The van der Waals surface area contributed by atoms with E-state index in [9.17, 15) is 13.2 Å². The van der Waals surface area contributed by atoms with Crippen molar-refractivity contribution < 1.29 is 22.7 Å². The highest BCUT2D eigenvalue weighted by Crippen LogP contribution is 2.41. The van der Waals surface area contributed by atoms with Crippen LogP contribution in [-0.4, -0.2) is 51.1 Å². The first kappa shape index (κ1) is 22.2. The Morgan fingerprint density at radius 1 is 1.24 bits per heavy atom. The highest BCUT2D eigenvalue weighted by molar-refractivity contribution is 7.89. The Morgan fingerprint density at radius 2 is 1.97 bits per heavy atom. The van der Waals surface area contributed by atoms with E-state index < -0.39 is 15.4 Å². The highest BCUT2D eigenvalue weighted by atomic mass is 32.2. The summed E-state index contributed by atoms with van der Waals surface area (Å²) in [6.45, 7) is 7.29. The number of piperidine rings is 1. The maximum absolute atomic E-state index is 13.2. The molecule has 2 heterocycles. The average Bonchev–Trinajstić information content (AvgIpc) is 2.69. The second kappa shape index (κ2) is 9.14. The number of carbonyl (C=O) groups excluding carboxylic acids is 1. The molecule has 3 rings (SSSR count). The largest absolute Gasteiger partial charge is 0.466 e. The van der Waals surface area contributed by atoms with Gasteiger partial charge < -0.3 is 9.47 Å². The molecule has 2 aliphatic rings. The van der Waals surface area contributed by atoms with Gasteiger partial charge in [0, 0.05) is 19.7 Å². The van der Waals surface area contributed by atoms with E-state index in [1.807, 2.05) is 32.9 Å². The first-order valence-electron chi connectivity index (χ1n) is 10.6. The second-order valence-corrected chi connectivity index (χ2v) is 10.3. The first-order valence-corrected chi connectivity index (χ1v) is 12.1. The summed E-state index contributed by atoms with van der Waals surface area (Å²) in [6, 6.07) is 5.40. The number of nitrogens with zero attached hydrogens (tertiary/aromatic N) is 1. The number of sulfonamides is 1. The zero-order valence-corrected chi connectivity index (χ0v) is 18.6. The lowest BCUT2D eigenvalue weighted by molar-refractivity contribution is -0.162. The van der Waals surface area contributed by atoms with Gasteiger partial charge in [0.1, 0.15) is 0 Å². The molecule has 0 saturated carbocycles. The number of hydrogen-bond acceptors (Lipinski definition) is 5. The predicted molar refractivity (Wildman–Crippen MR) is 111 cm³/mol. The van der Waals surface area contributed by atoms with E-state index >= 15 is 0 Å². The number of ether oxygens (including phenoxy) is 2. The number of benzene rings is 1. The average molecular weight is 424 g/mol. The van der Waals surface area contributed by atoms with Gasteiger partial charge in [-0.3, -0.25) is 4.79 Å². The van der Waals surface area contributed by atoms with Crippen LogP contribution in [-0.2, 0) is 24.3 Å². The van der Waals surface area contributed by atoms with Gasteiger partial charge in [0.15, 0.2) is 0 Å². The summed E-state index contributed by atoms with van der Waals surface area (Å²) in [5.41, 5.74) is 1.13. The molecule has 0 bridgehead atoms. The van der Waals surface area contributed by atoms with Gasteiger partial charge in [0.2, 0.25) is 10.0 Å². The summed E-state index contributed by atoms with van der Waals surface area (Å²) in [5, 5.41) is 0. The van der Waals surface area contributed by atoms with E-state index in [4.69, 9.17) is 9.47 Å². The minimum absolute atomic E-state index is 0.0515. The minimum Gasteiger partial charge on any atom is -0.466 e. The maximum Gasteiger partial charge on any atom is 0.312 e. The molecule has 2 fully saturated rings. The molecule has 162 valence electrons. The third-order valence-electron chi connectivity index (χ3n) is 6.23. The van der Waals surface area contributed by atoms with E-state index in [0.717, 1.165) is 37.0 Å². The Bertz CT molecular complexity index is 822. The smallest absolute Gasteiger partial charge is 0.312 e. The molecule has 2 aliphatic heterocycles. The van der Waals surface area contributed by atoms with Gasteiger partial charge in [-0.2, -0.15) is 4.31 Å². The molecule has 0 spiro atoms. The third kappa shape index (κ3) is 4.84. The van der Waals surface area contributed by atoms with Gasteiger partial charge in [0.25, 0.3) is 0 Å². The molecular formula is C22H33NO5S. The van der Waals surface area contributed by atoms with Crippen LogP contribution >= 0.6 is 0 Å². The summed E-state index contributed by atoms with van der Waals surface area (Å²) in [7, 11) is -3.58. The first-order chi connectivity index (χ1) is 13.8. The Morgan fingerprint density at radius 3 is 2.55 bits per heavy atom. The SMILES string of the molecule is CCOC(=O)C1(C[C@@H]2CCCCO2)CCN(S(=O)(=O)c2ccc(C)cc2C)CC1. The van der Waals surface area contributed by atoms with Crippen molar-refractivity contribution in [3.63, 3.8) is 0 Å². The van der Waals surface area contributed by atoms with Crippen molar-refractivity contribution in [3.8, 4) is 0 Å². The van der Waals surface area contributed by atoms with Crippen LogP contribution in [0.4, 0.5) is 0 Å². The van der Waals surface area contributed by atoms with Crippen LogP contribution in [0.3, 0.4) is 0 Å². The molecule has 0 amide bonds. The van der Waals surface area contributed by atoms with Gasteiger partial charge in [-0.15, -0.1) is 0 Å². The fraction of sp³-hybridized carbons (Fsp3) is 0.682. The highest BCUT2D eigenvalue weighted by Gasteiger charge is 2.46. The van der Waals surface area contributed by atoms with Crippen LogP contribution in [0.1, 0.15) is 56.6 Å². The van der Waals surface area contributed by atoms with E-state index in [-0.39, 0.29) is 12.1 Å². The second-order valence-electron chi connectivity index (χ2n) is 8.37. The molecule has 0 radical (unpaired) electrons. The zero-order chi connectivity index (χ0) is 21.1. The van der Waals surface area contributed by atoms with Crippen molar-refractivity contribution in [1.29, 1.82) is 0 Å². The molecule has 2 saturated heterocycles. The lowest BCUT2D eigenvalue weighted by Crippen LogP contribution is -2.49. The molecule has 1 atom stereocenters. The summed E-state index contributed by atoms with van der Waals surface area (Å²) in [5.74, 6) is -0.210. The van der Waals surface area contributed by atoms with Gasteiger partial charge in [-0.25, -0.2) is 8.42 Å². The Balaban J connectivity index is 1.77.